The summed E-state index contributed by atoms with van der Waals surface area (Å²) >= 11 is 0. The molecule has 0 aliphatic rings. The van der Waals surface area contributed by atoms with Gasteiger partial charge in [0, 0.05) is 26.2 Å². The van der Waals surface area contributed by atoms with E-state index in [1.165, 1.54) is 0 Å². The molecule has 1 aromatic carbocycles. The van der Waals surface area contributed by atoms with E-state index in [9.17, 15) is 4.79 Å². The van der Waals surface area contributed by atoms with Crippen molar-refractivity contribution in [3.05, 3.63) is 35.9 Å². The highest BCUT2D eigenvalue weighted by atomic mass is 16.2. The first-order valence-electron chi connectivity index (χ1n) is 7.24. The molecule has 0 saturated carbocycles. The SMILES string of the molecule is CC(C(=O)N(C)CCCCCO)C(N)c1ccccc1. The minimum Gasteiger partial charge on any atom is -0.396 e. The number of carbonyl (C=O) groups is 1. The Hall–Kier alpha value is -1.39. The summed E-state index contributed by atoms with van der Waals surface area (Å²) in [4.78, 5) is 14.1. The number of aliphatic hydroxyl groups is 1. The fourth-order valence-electron chi connectivity index (χ4n) is 2.21. The fraction of sp³-hybridized carbons (Fsp3) is 0.562. The van der Waals surface area contributed by atoms with Crippen molar-refractivity contribution < 1.29 is 9.90 Å². The molecule has 2 atom stereocenters. The monoisotopic (exact) mass is 278 g/mol. The molecule has 1 aromatic rings. The van der Waals surface area contributed by atoms with Crippen LogP contribution in [0.5, 0.6) is 0 Å². The lowest BCUT2D eigenvalue weighted by atomic mass is 9.94. The van der Waals surface area contributed by atoms with Gasteiger partial charge < -0.3 is 15.7 Å². The van der Waals surface area contributed by atoms with Crippen molar-refractivity contribution in [2.45, 2.75) is 32.2 Å². The van der Waals surface area contributed by atoms with Gasteiger partial charge in [0.25, 0.3) is 0 Å². The van der Waals surface area contributed by atoms with Crippen molar-refractivity contribution in [1.29, 1.82) is 0 Å². The molecular formula is C16H26N2O2. The Kier molecular flexibility index (Phi) is 7.26. The van der Waals surface area contributed by atoms with E-state index in [-0.39, 0.29) is 24.5 Å². The van der Waals surface area contributed by atoms with Gasteiger partial charge in [0.15, 0.2) is 0 Å². The van der Waals surface area contributed by atoms with E-state index in [1.807, 2.05) is 44.3 Å². The molecule has 0 bridgehead atoms. The third kappa shape index (κ3) is 4.94. The van der Waals surface area contributed by atoms with E-state index in [4.69, 9.17) is 10.8 Å². The first kappa shape index (κ1) is 16.7. The minimum atomic E-state index is -0.274. The highest BCUT2D eigenvalue weighted by Crippen LogP contribution is 2.20. The van der Waals surface area contributed by atoms with Crippen LogP contribution in [0.4, 0.5) is 0 Å². The Bertz CT molecular complexity index is 395. The Morgan fingerprint density at radius 2 is 1.90 bits per heavy atom. The van der Waals surface area contributed by atoms with Crippen LogP contribution in [0.15, 0.2) is 30.3 Å². The molecule has 20 heavy (non-hydrogen) atoms. The van der Waals surface area contributed by atoms with Crippen molar-refractivity contribution >= 4 is 5.91 Å². The molecule has 3 N–H and O–H groups in total. The number of rotatable bonds is 8. The number of carbonyl (C=O) groups excluding carboxylic acids is 1. The fourth-order valence-corrected chi connectivity index (χ4v) is 2.21. The third-order valence-corrected chi connectivity index (χ3v) is 3.64. The Morgan fingerprint density at radius 3 is 2.50 bits per heavy atom. The maximum Gasteiger partial charge on any atom is 0.227 e. The van der Waals surface area contributed by atoms with Gasteiger partial charge in [0.05, 0.1) is 5.92 Å². The summed E-state index contributed by atoms with van der Waals surface area (Å²) in [6, 6.07) is 9.45. The number of nitrogens with zero attached hydrogens (tertiary/aromatic N) is 1. The summed E-state index contributed by atoms with van der Waals surface area (Å²) in [5.74, 6) is -0.161. The lowest BCUT2D eigenvalue weighted by molar-refractivity contribution is -0.134. The van der Waals surface area contributed by atoms with Gasteiger partial charge in [0.2, 0.25) is 5.91 Å². The number of hydrogen-bond donors (Lipinski definition) is 2. The van der Waals surface area contributed by atoms with Crippen LogP contribution >= 0.6 is 0 Å². The second-order valence-electron chi connectivity index (χ2n) is 5.27. The molecule has 1 rings (SSSR count). The highest BCUT2D eigenvalue weighted by molar-refractivity contribution is 5.79. The molecular weight excluding hydrogens is 252 g/mol. The van der Waals surface area contributed by atoms with Crippen molar-refractivity contribution in [3.8, 4) is 0 Å². The first-order chi connectivity index (χ1) is 9.57. The number of unbranched alkanes of at least 4 members (excludes halogenated alkanes) is 2. The molecule has 4 heteroatoms. The quantitative estimate of drug-likeness (QED) is 0.714. The molecule has 0 spiro atoms. The molecule has 1 amide bonds. The summed E-state index contributed by atoms with van der Waals surface area (Å²) in [5, 5.41) is 8.73. The standard InChI is InChI=1S/C16H26N2O2/c1-13(15(17)14-9-5-3-6-10-14)16(20)18(2)11-7-4-8-12-19/h3,5-6,9-10,13,15,19H,4,7-8,11-12,17H2,1-2H3. The van der Waals surface area contributed by atoms with Gasteiger partial charge in [0.1, 0.15) is 0 Å². The predicted octanol–water partition coefficient (Wildman–Crippen LogP) is 1.94. The number of aliphatic hydroxyl groups excluding tert-OH is 1. The van der Waals surface area contributed by atoms with Crippen molar-refractivity contribution in [2.24, 2.45) is 11.7 Å². The zero-order valence-corrected chi connectivity index (χ0v) is 12.5. The molecule has 112 valence electrons. The Balaban J connectivity index is 2.49. The van der Waals surface area contributed by atoms with E-state index in [1.54, 1.807) is 4.90 Å². The molecule has 0 aliphatic heterocycles. The topological polar surface area (TPSA) is 66.6 Å². The summed E-state index contributed by atoms with van der Waals surface area (Å²) in [6.45, 7) is 2.81. The molecule has 0 heterocycles. The van der Waals surface area contributed by atoms with Crippen LogP contribution < -0.4 is 5.73 Å². The largest absolute Gasteiger partial charge is 0.396 e. The first-order valence-corrected chi connectivity index (χ1v) is 7.24. The summed E-state index contributed by atoms with van der Waals surface area (Å²) in [5.41, 5.74) is 7.16. The van der Waals surface area contributed by atoms with Gasteiger partial charge in [-0.15, -0.1) is 0 Å². The van der Waals surface area contributed by atoms with Crippen molar-refractivity contribution in [3.63, 3.8) is 0 Å². The normalized spacial score (nSPS) is 13.8. The number of nitrogens with two attached hydrogens (primary N) is 1. The van der Waals surface area contributed by atoms with E-state index < -0.39 is 0 Å². The van der Waals surface area contributed by atoms with Crippen LogP contribution in [-0.2, 0) is 4.79 Å². The molecule has 4 nitrogen and oxygen atoms in total. The number of benzene rings is 1. The van der Waals surface area contributed by atoms with Crippen LogP contribution in [0.25, 0.3) is 0 Å². The Labute approximate surface area is 121 Å². The second-order valence-corrected chi connectivity index (χ2v) is 5.27. The average Bonchev–Trinajstić information content (AvgIpc) is 2.50. The van der Waals surface area contributed by atoms with Crippen LogP contribution in [0.1, 0.15) is 37.8 Å². The van der Waals surface area contributed by atoms with Gasteiger partial charge in [-0.25, -0.2) is 0 Å². The molecule has 0 radical (unpaired) electrons. The highest BCUT2D eigenvalue weighted by Gasteiger charge is 2.24. The smallest absolute Gasteiger partial charge is 0.227 e. The van der Waals surface area contributed by atoms with Gasteiger partial charge >= 0.3 is 0 Å². The van der Waals surface area contributed by atoms with Gasteiger partial charge in [-0.05, 0) is 24.8 Å². The maximum atomic E-state index is 12.3. The molecule has 2 unspecified atom stereocenters. The lowest BCUT2D eigenvalue weighted by Crippen LogP contribution is -2.37. The predicted molar refractivity (Wildman–Crippen MR) is 81.1 cm³/mol. The molecule has 0 saturated heterocycles. The second kappa shape index (κ2) is 8.72. The molecule has 0 aromatic heterocycles. The Morgan fingerprint density at radius 1 is 1.25 bits per heavy atom. The minimum absolute atomic E-state index is 0.0744. The van der Waals surface area contributed by atoms with E-state index in [2.05, 4.69) is 0 Å². The molecule has 0 fully saturated rings. The lowest BCUT2D eigenvalue weighted by Gasteiger charge is -2.25. The zero-order valence-electron chi connectivity index (χ0n) is 12.5. The summed E-state index contributed by atoms with van der Waals surface area (Å²) in [7, 11) is 1.81. The van der Waals surface area contributed by atoms with E-state index >= 15 is 0 Å². The summed E-state index contributed by atoms with van der Waals surface area (Å²) < 4.78 is 0. The van der Waals surface area contributed by atoms with Crippen LogP contribution in [-0.4, -0.2) is 36.1 Å². The third-order valence-electron chi connectivity index (χ3n) is 3.64. The van der Waals surface area contributed by atoms with Crippen molar-refractivity contribution in [1.82, 2.24) is 4.90 Å². The van der Waals surface area contributed by atoms with Crippen LogP contribution in [0, 0.1) is 5.92 Å². The van der Waals surface area contributed by atoms with Crippen molar-refractivity contribution in [2.75, 3.05) is 20.2 Å². The van der Waals surface area contributed by atoms with E-state index in [0.717, 1.165) is 24.8 Å². The maximum absolute atomic E-state index is 12.3. The van der Waals surface area contributed by atoms with Gasteiger partial charge in [-0.1, -0.05) is 37.3 Å². The van der Waals surface area contributed by atoms with Crippen LogP contribution in [0.3, 0.4) is 0 Å². The number of amides is 1. The van der Waals surface area contributed by atoms with Gasteiger partial charge in [-0.3, -0.25) is 4.79 Å². The number of hydrogen-bond acceptors (Lipinski definition) is 3. The molecule has 0 aliphatic carbocycles. The van der Waals surface area contributed by atoms with Gasteiger partial charge in [-0.2, -0.15) is 0 Å². The van der Waals surface area contributed by atoms with E-state index in [0.29, 0.717) is 6.54 Å². The zero-order chi connectivity index (χ0) is 15.0. The average molecular weight is 278 g/mol. The summed E-state index contributed by atoms with van der Waals surface area (Å²) in [6.07, 6.45) is 2.64. The van der Waals surface area contributed by atoms with Crippen LogP contribution in [0.2, 0.25) is 0 Å².